The van der Waals surface area contributed by atoms with Gasteiger partial charge in [-0.25, -0.2) is 0 Å². The van der Waals surface area contributed by atoms with Crippen molar-refractivity contribution in [1.29, 1.82) is 0 Å². The highest BCUT2D eigenvalue weighted by Crippen LogP contribution is 2.27. The second kappa shape index (κ2) is 10.2. The van der Waals surface area contributed by atoms with Crippen LogP contribution in [0, 0.1) is 5.92 Å². The molecule has 0 bridgehead atoms. The molecule has 0 saturated heterocycles. The molecule has 0 aliphatic heterocycles. The van der Waals surface area contributed by atoms with Gasteiger partial charge in [0.15, 0.2) is 0 Å². The minimum absolute atomic E-state index is 0.0117. The van der Waals surface area contributed by atoms with E-state index in [0.717, 1.165) is 31.7 Å². The summed E-state index contributed by atoms with van der Waals surface area (Å²) in [6, 6.07) is 0.318. The summed E-state index contributed by atoms with van der Waals surface area (Å²) in [5.41, 5.74) is 0. The zero-order valence-electron chi connectivity index (χ0n) is 12.7. The van der Waals surface area contributed by atoms with Crippen molar-refractivity contribution in [2.45, 2.75) is 77.7 Å². The Kier molecular flexibility index (Phi) is 8.89. The van der Waals surface area contributed by atoms with Crippen molar-refractivity contribution in [3.05, 3.63) is 0 Å². The van der Waals surface area contributed by atoms with Crippen LogP contribution in [0.1, 0.15) is 71.6 Å². The van der Waals surface area contributed by atoms with Gasteiger partial charge in [-0.15, -0.1) is 0 Å². The molecule has 3 heteroatoms. The van der Waals surface area contributed by atoms with Gasteiger partial charge in [-0.1, -0.05) is 46.0 Å². The van der Waals surface area contributed by atoms with Crippen LogP contribution < -0.4 is 5.32 Å². The lowest BCUT2D eigenvalue weighted by molar-refractivity contribution is -0.144. The Morgan fingerprint density at radius 1 is 1.26 bits per heavy atom. The molecule has 112 valence electrons. The topological polar surface area (TPSA) is 38.3 Å². The van der Waals surface area contributed by atoms with Crippen molar-refractivity contribution in [2.75, 3.05) is 13.2 Å². The van der Waals surface area contributed by atoms with Gasteiger partial charge in [-0.3, -0.25) is 4.79 Å². The van der Waals surface area contributed by atoms with Crippen LogP contribution in [0.4, 0.5) is 0 Å². The Bertz CT molecular complexity index is 237. The maximum atomic E-state index is 11.7. The van der Waals surface area contributed by atoms with Gasteiger partial charge in [0, 0.05) is 12.5 Å². The molecule has 1 rings (SSSR count). The summed E-state index contributed by atoms with van der Waals surface area (Å²) in [4.78, 5) is 11.7. The predicted molar refractivity (Wildman–Crippen MR) is 79.1 cm³/mol. The number of ether oxygens (including phenoxy) is 1. The summed E-state index contributed by atoms with van der Waals surface area (Å²) in [7, 11) is 0. The average Bonchev–Trinajstić information content (AvgIpc) is 2.46. The number of hydrogen-bond acceptors (Lipinski definition) is 3. The molecule has 0 amide bonds. The molecule has 0 aromatic carbocycles. The molecular formula is C16H31NO2. The monoisotopic (exact) mass is 269 g/mol. The number of esters is 1. The van der Waals surface area contributed by atoms with E-state index >= 15 is 0 Å². The second-order valence-electron chi connectivity index (χ2n) is 5.79. The number of carbonyl (C=O) groups excluding carboxylic acids is 1. The molecule has 0 aromatic heterocycles. The summed E-state index contributed by atoms with van der Waals surface area (Å²) in [6.45, 7) is 5.80. The highest BCUT2D eigenvalue weighted by Gasteiger charge is 2.16. The molecule has 1 fully saturated rings. The Morgan fingerprint density at radius 2 is 2.00 bits per heavy atom. The van der Waals surface area contributed by atoms with Crippen molar-refractivity contribution in [3.63, 3.8) is 0 Å². The number of nitrogens with one attached hydrogen (secondary N) is 1. The first-order valence-electron chi connectivity index (χ1n) is 8.15. The van der Waals surface area contributed by atoms with Crippen LogP contribution in [-0.4, -0.2) is 25.2 Å². The third kappa shape index (κ3) is 7.56. The molecule has 19 heavy (non-hydrogen) atoms. The lowest BCUT2D eigenvalue weighted by atomic mass is 9.86. The maximum absolute atomic E-state index is 11.7. The van der Waals surface area contributed by atoms with Crippen molar-refractivity contribution >= 4 is 5.97 Å². The van der Waals surface area contributed by atoms with E-state index in [4.69, 9.17) is 4.74 Å². The molecule has 1 N–H and O–H groups in total. The third-order valence-electron chi connectivity index (χ3n) is 4.10. The van der Waals surface area contributed by atoms with E-state index < -0.39 is 0 Å². The summed E-state index contributed by atoms with van der Waals surface area (Å²) < 4.78 is 5.38. The van der Waals surface area contributed by atoms with Gasteiger partial charge in [0.2, 0.25) is 0 Å². The maximum Gasteiger partial charge on any atom is 0.305 e. The van der Waals surface area contributed by atoms with Crippen LogP contribution in [0.15, 0.2) is 0 Å². The molecular weight excluding hydrogens is 238 g/mol. The molecule has 1 saturated carbocycles. The second-order valence-corrected chi connectivity index (χ2v) is 5.79. The Hall–Kier alpha value is -0.570. The Balaban J connectivity index is 2.08. The highest BCUT2D eigenvalue weighted by molar-refractivity contribution is 5.69. The third-order valence-corrected chi connectivity index (χ3v) is 4.10. The molecule has 1 atom stereocenters. The molecule has 3 nitrogen and oxygen atoms in total. The minimum atomic E-state index is -0.0117. The number of carbonyl (C=O) groups is 1. The van der Waals surface area contributed by atoms with E-state index in [0.29, 0.717) is 19.1 Å². The average molecular weight is 269 g/mol. The van der Waals surface area contributed by atoms with Crippen LogP contribution in [-0.2, 0) is 9.53 Å². The van der Waals surface area contributed by atoms with Crippen LogP contribution in [0.25, 0.3) is 0 Å². The molecule has 1 unspecified atom stereocenters. The quantitative estimate of drug-likeness (QED) is 0.649. The van der Waals surface area contributed by atoms with E-state index in [1.807, 2.05) is 0 Å². The minimum Gasteiger partial charge on any atom is -0.464 e. The fourth-order valence-corrected chi connectivity index (χ4v) is 2.73. The van der Waals surface area contributed by atoms with E-state index in [1.54, 1.807) is 0 Å². The lowest BCUT2D eigenvalue weighted by Gasteiger charge is -2.21. The SMILES string of the molecule is CCCNC(CC)COC(=O)CCC1CCCCC1. The first-order chi connectivity index (χ1) is 9.26. The summed E-state index contributed by atoms with van der Waals surface area (Å²) >= 11 is 0. The van der Waals surface area contributed by atoms with E-state index in [9.17, 15) is 4.79 Å². The normalized spacial score (nSPS) is 18.2. The summed E-state index contributed by atoms with van der Waals surface area (Å²) in [5, 5.41) is 3.40. The molecule has 1 aliphatic rings. The van der Waals surface area contributed by atoms with Gasteiger partial charge in [0.05, 0.1) is 0 Å². The van der Waals surface area contributed by atoms with Gasteiger partial charge in [-0.2, -0.15) is 0 Å². The number of rotatable bonds is 9. The Morgan fingerprint density at radius 3 is 2.63 bits per heavy atom. The van der Waals surface area contributed by atoms with Gasteiger partial charge in [0.1, 0.15) is 6.61 Å². The van der Waals surface area contributed by atoms with E-state index in [2.05, 4.69) is 19.2 Å². The van der Waals surface area contributed by atoms with Crippen LogP contribution in [0.2, 0.25) is 0 Å². The van der Waals surface area contributed by atoms with Crippen molar-refractivity contribution in [3.8, 4) is 0 Å². The largest absolute Gasteiger partial charge is 0.464 e. The molecule has 0 radical (unpaired) electrons. The molecule has 1 aliphatic carbocycles. The van der Waals surface area contributed by atoms with Gasteiger partial charge in [0.25, 0.3) is 0 Å². The number of hydrogen-bond donors (Lipinski definition) is 1. The first kappa shape index (κ1) is 16.5. The van der Waals surface area contributed by atoms with Gasteiger partial charge >= 0.3 is 5.97 Å². The van der Waals surface area contributed by atoms with E-state index in [-0.39, 0.29) is 5.97 Å². The first-order valence-corrected chi connectivity index (χ1v) is 8.15. The van der Waals surface area contributed by atoms with Gasteiger partial charge < -0.3 is 10.1 Å². The predicted octanol–water partition coefficient (Wildman–Crippen LogP) is 3.67. The van der Waals surface area contributed by atoms with Crippen LogP contribution >= 0.6 is 0 Å². The summed E-state index contributed by atoms with van der Waals surface area (Å²) in [5.74, 6) is 0.754. The fraction of sp³-hybridized carbons (Fsp3) is 0.938. The highest BCUT2D eigenvalue weighted by atomic mass is 16.5. The van der Waals surface area contributed by atoms with E-state index in [1.165, 1.54) is 32.1 Å². The standard InChI is InChI=1S/C16H31NO2/c1-3-12-17-15(4-2)13-19-16(18)11-10-14-8-6-5-7-9-14/h14-15,17H,3-13H2,1-2H3. The van der Waals surface area contributed by atoms with Gasteiger partial charge in [-0.05, 0) is 31.7 Å². The van der Waals surface area contributed by atoms with Crippen LogP contribution in [0.5, 0.6) is 0 Å². The molecule has 0 aromatic rings. The summed E-state index contributed by atoms with van der Waals surface area (Å²) in [6.07, 6.45) is 10.4. The Labute approximate surface area is 118 Å². The zero-order chi connectivity index (χ0) is 13.9. The fourth-order valence-electron chi connectivity index (χ4n) is 2.73. The molecule has 0 spiro atoms. The lowest BCUT2D eigenvalue weighted by Crippen LogP contribution is -2.34. The van der Waals surface area contributed by atoms with Crippen molar-refractivity contribution < 1.29 is 9.53 Å². The van der Waals surface area contributed by atoms with Crippen molar-refractivity contribution in [1.82, 2.24) is 5.32 Å². The van der Waals surface area contributed by atoms with Crippen LogP contribution in [0.3, 0.4) is 0 Å². The zero-order valence-corrected chi connectivity index (χ0v) is 12.7. The van der Waals surface area contributed by atoms with Crippen molar-refractivity contribution in [2.24, 2.45) is 5.92 Å². The smallest absolute Gasteiger partial charge is 0.305 e. The molecule has 0 heterocycles.